The van der Waals surface area contributed by atoms with E-state index in [1.54, 1.807) is 0 Å². The van der Waals surface area contributed by atoms with Crippen molar-refractivity contribution in [2.45, 2.75) is 45.1 Å². The number of carboxylic acid groups (broad SMARTS) is 1. The van der Waals surface area contributed by atoms with Crippen molar-refractivity contribution in [2.24, 2.45) is 5.92 Å². The number of amides is 1. The predicted molar refractivity (Wildman–Crippen MR) is 64.7 cm³/mol. The first-order valence-corrected chi connectivity index (χ1v) is 6.39. The van der Waals surface area contributed by atoms with E-state index in [0.717, 1.165) is 32.2 Å². The lowest BCUT2D eigenvalue weighted by Crippen LogP contribution is -2.47. The second-order valence-electron chi connectivity index (χ2n) is 4.58. The van der Waals surface area contributed by atoms with Crippen molar-refractivity contribution in [1.82, 2.24) is 10.6 Å². The monoisotopic (exact) mass is 242 g/mol. The fourth-order valence-electron chi connectivity index (χ4n) is 2.03. The quantitative estimate of drug-likeness (QED) is 0.642. The Balaban J connectivity index is 2.42. The Morgan fingerprint density at radius 2 is 2.29 bits per heavy atom. The van der Waals surface area contributed by atoms with Gasteiger partial charge in [0.1, 0.15) is 6.04 Å². The highest BCUT2D eigenvalue weighted by molar-refractivity contribution is 5.85. The Hall–Kier alpha value is -1.10. The van der Waals surface area contributed by atoms with Crippen LogP contribution in [0.15, 0.2) is 0 Å². The molecule has 5 nitrogen and oxygen atoms in total. The number of hydrogen-bond acceptors (Lipinski definition) is 3. The number of piperidine rings is 1. The summed E-state index contributed by atoms with van der Waals surface area (Å²) in [7, 11) is 0. The van der Waals surface area contributed by atoms with Gasteiger partial charge in [0, 0.05) is 6.54 Å². The number of nitrogens with one attached hydrogen (secondary N) is 2. The van der Waals surface area contributed by atoms with Crippen LogP contribution in [0.2, 0.25) is 0 Å². The summed E-state index contributed by atoms with van der Waals surface area (Å²) in [4.78, 5) is 22.9. The molecule has 98 valence electrons. The zero-order valence-corrected chi connectivity index (χ0v) is 10.4. The molecule has 0 aromatic rings. The molecule has 0 unspecified atom stereocenters. The third-order valence-electron chi connectivity index (χ3n) is 3.13. The third kappa shape index (κ3) is 4.73. The first kappa shape index (κ1) is 14.0. The topological polar surface area (TPSA) is 78.4 Å². The molecular weight excluding hydrogens is 220 g/mol. The fourth-order valence-corrected chi connectivity index (χ4v) is 2.03. The van der Waals surface area contributed by atoms with E-state index >= 15 is 0 Å². The molecule has 2 atom stereocenters. The van der Waals surface area contributed by atoms with Gasteiger partial charge in [-0.25, -0.2) is 4.79 Å². The SMILES string of the molecule is CCCC[C@H](NC(=O)[C@H]1CCCNC1)C(=O)O. The van der Waals surface area contributed by atoms with Crippen molar-refractivity contribution in [3.05, 3.63) is 0 Å². The maximum absolute atomic E-state index is 11.9. The largest absolute Gasteiger partial charge is 0.480 e. The van der Waals surface area contributed by atoms with Crippen LogP contribution in [0, 0.1) is 5.92 Å². The molecule has 3 N–H and O–H groups in total. The summed E-state index contributed by atoms with van der Waals surface area (Å²) >= 11 is 0. The van der Waals surface area contributed by atoms with Gasteiger partial charge in [0.2, 0.25) is 5.91 Å². The molecule has 0 bridgehead atoms. The van der Waals surface area contributed by atoms with E-state index in [4.69, 9.17) is 5.11 Å². The van der Waals surface area contributed by atoms with E-state index in [1.165, 1.54) is 0 Å². The Bertz CT molecular complexity index is 262. The van der Waals surface area contributed by atoms with E-state index in [9.17, 15) is 9.59 Å². The molecule has 1 fully saturated rings. The van der Waals surface area contributed by atoms with Crippen molar-refractivity contribution in [2.75, 3.05) is 13.1 Å². The second-order valence-corrected chi connectivity index (χ2v) is 4.58. The minimum Gasteiger partial charge on any atom is -0.480 e. The van der Waals surface area contributed by atoms with Gasteiger partial charge in [0.05, 0.1) is 5.92 Å². The smallest absolute Gasteiger partial charge is 0.326 e. The van der Waals surface area contributed by atoms with Crippen LogP contribution in [0.1, 0.15) is 39.0 Å². The maximum Gasteiger partial charge on any atom is 0.326 e. The van der Waals surface area contributed by atoms with E-state index < -0.39 is 12.0 Å². The molecule has 1 aliphatic rings. The highest BCUT2D eigenvalue weighted by atomic mass is 16.4. The van der Waals surface area contributed by atoms with Crippen LogP contribution in [-0.4, -0.2) is 36.1 Å². The molecule has 0 aromatic heterocycles. The first-order valence-electron chi connectivity index (χ1n) is 6.39. The molecule has 0 spiro atoms. The van der Waals surface area contributed by atoms with Crippen molar-refractivity contribution in [3.63, 3.8) is 0 Å². The standard InChI is InChI=1S/C12H22N2O3/c1-2-3-6-10(12(16)17)14-11(15)9-5-4-7-13-8-9/h9-10,13H,2-8H2,1H3,(H,14,15)(H,16,17)/t9-,10-/m0/s1. The molecule has 0 aromatic carbocycles. The van der Waals surface area contributed by atoms with E-state index in [0.29, 0.717) is 13.0 Å². The van der Waals surface area contributed by atoms with E-state index in [-0.39, 0.29) is 11.8 Å². The van der Waals surface area contributed by atoms with Gasteiger partial charge in [-0.2, -0.15) is 0 Å². The number of rotatable bonds is 6. The lowest BCUT2D eigenvalue weighted by Gasteiger charge is -2.24. The van der Waals surface area contributed by atoms with Crippen molar-refractivity contribution < 1.29 is 14.7 Å². The van der Waals surface area contributed by atoms with Crippen molar-refractivity contribution >= 4 is 11.9 Å². The first-order chi connectivity index (χ1) is 8.15. The van der Waals surface area contributed by atoms with Gasteiger partial charge in [-0.15, -0.1) is 0 Å². The van der Waals surface area contributed by atoms with Gasteiger partial charge in [-0.05, 0) is 25.8 Å². The number of hydrogen-bond donors (Lipinski definition) is 3. The summed E-state index contributed by atoms with van der Waals surface area (Å²) in [5, 5.41) is 14.8. The molecule has 1 aliphatic heterocycles. The third-order valence-corrected chi connectivity index (χ3v) is 3.13. The Morgan fingerprint density at radius 1 is 1.53 bits per heavy atom. The van der Waals surface area contributed by atoms with Gasteiger partial charge >= 0.3 is 5.97 Å². The zero-order chi connectivity index (χ0) is 12.7. The fraction of sp³-hybridized carbons (Fsp3) is 0.833. The summed E-state index contributed by atoms with van der Waals surface area (Å²) in [6, 6.07) is -0.732. The predicted octanol–water partition coefficient (Wildman–Crippen LogP) is 0.746. The molecule has 5 heteroatoms. The highest BCUT2D eigenvalue weighted by Crippen LogP contribution is 2.11. The van der Waals surface area contributed by atoms with Gasteiger partial charge in [0.25, 0.3) is 0 Å². The Labute approximate surface area is 102 Å². The second kappa shape index (κ2) is 7.27. The number of aliphatic carboxylic acids is 1. The average molecular weight is 242 g/mol. The van der Waals surface area contributed by atoms with Crippen LogP contribution in [-0.2, 0) is 9.59 Å². The molecule has 0 saturated carbocycles. The maximum atomic E-state index is 11.9. The average Bonchev–Trinajstić information content (AvgIpc) is 2.35. The summed E-state index contributed by atoms with van der Waals surface area (Å²) in [6.45, 7) is 3.61. The van der Waals surface area contributed by atoms with Crippen molar-refractivity contribution in [1.29, 1.82) is 0 Å². The molecular formula is C12H22N2O3. The summed E-state index contributed by atoms with van der Waals surface area (Å²) in [5.74, 6) is -1.14. The molecule has 1 saturated heterocycles. The normalized spacial score (nSPS) is 21.8. The lowest BCUT2D eigenvalue weighted by atomic mass is 9.98. The molecule has 1 amide bonds. The number of carbonyl (C=O) groups is 2. The summed E-state index contributed by atoms with van der Waals surface area (Å²) < 4.78 is 0. The van der Waals surface area contributed by atoms with Crippen LogP contribution in [0.5, 0.6) is 0 Å². The van der Waals surface area contributed by atoms with E-state index in [1.807, 2.05) is 6.92 Å². The number of carbonyl (C=O) groups excluding carboxylic acids is 1. The van der Waals surface area contributed by atoms with Crippen molar-refractivity contribution in [3.8, 4) is 0 Å². The Morgan fingerprint density at radius 3 is 2.82 bits per heavy atom. The van der Waals surface area contributed by atoms with Crippen LogP contribution < -0.4 is 10.6 Å². The number of unbranched alkanes of at least 4 members (excludes halogenated alkanes) is 1. The van der Waals surface area contributed by atoms with Crippen LogP contribution in [0.25, 0.3) is 0 Å². The van der Waals surface area contributed by atoms with E-state index in [2.05, 4.69) is 10.6 Å². The molecule has 0 radical (unpaired) electrons. The highest BCUT2D eigenvalue weighted by Gasteiger charge is 2.25. The van der Waals surface area contributed by atoms with Gasteiger partial charge < -0.3 is 15.7 Å². The summed E-state index contributed by atoms with van der Waals surface area (Å²) in [5.41, 5.74) is 0. The van der Waals surface area contributed by atoms with Gasteiger partial charge in [0.15, 0.2) is 0 Å². The van der Waals surface area contributed by atoms with Gasteiger partial charge in [-0.1, -0.05) is 19.8 Å². The zero-order valence-electron chi connectivity index (χ0n) is 10.4. The minimum absolute atomic E-state index is 0.0766. The molecule has 1 rings (SSSR count). The lowest BCUT2D eigenvalue weighted by molar-refractivity contribution is -0.142. The van der Waals surface area contributed by atoms with Crippen LogP contribution in [0.4, 0.5) is 0 Å². The van der Waals surface area contributed by atoms with Crippen LogP contribution in [0.3, 0.4) is 0 Å². The molecule has 1 heterocycles. The minimum atomic E-state index is -0.935. The number of carboxylic acids is 1. The molecule has 0 aliphatic carbocycles. The van der Waals surface area contributed by atoms with Crippen LogP contribution >= 0.6 is 0 Å². The molecule has 17 heavy (non-hydrogen) atoms. The van der Waals surface area contributed by atoms with Gasteiger partial charge in [-0.3, -0.25) is 4.79 Å². The summed E-state index contributed by atoms with van der Waals surface area (Å²) in [6.07, 6.45) is 4.09. The Kier molecular flexibility index (Phi) is 5.97.